The lowest BCUT2D eigenvalue weighted by molar-refractivity contribution is 0.214. The summed E-state index contributed by atoms with van der Waals surface area (Å²) in [5.41, 5.74) is 0.462. The van der Waals surface area contributed by atoms with E-state index in [1.165, 1.54) is 37.7 Å². The van der Waals surface area contributed by atoms with Crippen LogP contribution in [-0.4, -0.2) is 26.7 Å². The first kappa shape index (κ1) is 15.5. The number of rotatable bonds is 5. The standard InChI is InChI=1S/C14H13ClN2O3S/c1-20-17-10-13(11-7-8-14(15)16-9-11)21(18,19)12-5-3-2-4-6-12/h2-10,13H,1H3/b17-10-/t13-/m0/s1. The molecule has 0 amide bonds. The lowest BCUT2D eigenvalue weighted by Gasteiger charge is -2.13. The SMILES string of the molecule is CO/N=C\[C@@H](c1ccc(Cl)nc1)S(=O)(=O)c1ccccc1. The molecule has 1 atom stereocenters. The van der Waals surface area contributed by atoms with Crippen molar-refractivity contribution < 1.29 is 13.3 Å². The highest BCUT2D eigenvalue weighted by atomic mass is 35.5. The molecule has 0 saturated carbocycles. The minimum Gasteiger partial charge on any atom is -0.399 e. The van der Waals surface area contributed by atoms with Crippen LogP contribution in [0.25, 0.3) is 0 Å². The number of pyridine rings is 1. The lowest BCUT2D eigenvalue weighted by Crippen LogP contribution is -2.15. The quantitative estimate of drug-likeness (QED) is 0.482. The molecule has 0 radical (unpaired) electrons. The van der Waals surface area contributed by atoms with Crippen molar-refractivity contribution in [2.75, 3.05) is 7.11 Å². The van der Waals surface area contributed by atoms with Crippen LogP contribution in [-0.2, 0) is 14.7 Å². The fourth-order valence-corrected chi connectivity index (χ4v) is 3.42. The summed E-state index contributed by atoms with van der Waals surface area (Å²) in [7, 11) is -2.30. The van der Waals surface area contributed by atoms with E-state index in [2.05, 4.69) is 15.0 Å². The first-order chi connectivity index (χ1) is 10.1. The van der Waals surface area contributed by atoms with Gasteiger partial charge in [0.2, 0.25) is 0 Å². The summed E-state index contributed by atoms with van der Waals surface area (Å²) in [6, 6.07) is 11.3. The molecule has 5 nitrogen and oxygen atoms in total. The molecular formula is C14H13ClN2O3S. The molecule has 0 spiro atoms. The first-order valence-electron chi connectivity index (χ1n) is 6.03. The molecule has 0 aliphatic heterocycles. The Hall–Kier alpha value is -1.92. The van der Waals surface area contributed by atoms with Crippen molar-refractivity contribution in [2.24, 2.45) is 5.16 Å². The molecule has 7 heteroatoms. The number of aromatic nitrogens is 1. The van der Waals surface area contributed by atoms with E-state index in [0.717, 1.165) is 0 Å². The molecule has 21 heavy (non-hydrogen) atoms. The Labute approximate surface area is 128 Å². The minimum absolute atomic E-state index is 0.201. The van der Waals surface area contributed by atoms with Crippen LogP contribution in [0, 0.1) is 0 Å². The van der Waals surface area contributed by atoms with Crippen LogP contribution in [0.2, 0.25) is 5.15 Å². The van der Waals surface area contributed by atoms with Crippen LogP contribution < -0.4 is 0 Å². The van der Waals surface area contributed by atoms with E-state index < -0.39 is 15.1 Å². The Morgan fingerprint density at radius 1 is 1.24 bits per heavy atom. The predicted octanol–water partition coefficient (Wildman–Crippen LogP) is 2.88. The number of oxime groups is 1. The number of hydrogen-bond donors (Lipinski definition) is 0. The molecule has 0 N–H and O–H groups in total. The van der Waals surface area contributed by atoms with Crippen molar-refractivity contribution in [1.82, 2.24) is 4.98 Å². The highest BCUT2D eigenvalue weighted by Gasteiger charge is 2.28. The smallest absolute Gasteiger partial charge is 0.190 e. The van der Waals surface area contributed by atoms with Crippen molar-refractivity contribution in [3.05, 3.63) is 59.4 Å². The van der Waals surface area contributed by atoms with Gasteiger partial charge < -0.3 is 4.84 Å². The van der Waals surface area contributed by atoms with Gasteiger partial charge in [-0.15, -0.1) is 0 Å². The maximum Gasteiger partial charge on any atom is 0.190 e. The van der Waals surface area contributed by atoms with E-state index in [-0.39, 0.29) is 4.90 Å². The van der Waals surface area contributed by atoms with E-state index in [9.17, 15) is 8.42 Å². The van der Waals surface area contributed by atoms with Crippen LogP contribution in [0.1, 0.15) is 10.8 Å². The fraction of sp³-hybridized carbons (Fsp3) is 0.143. The number of halogens is 1. The van der Waals surface area contributed by atoms with E-state index >= 15 is 0 Å². The third-order valence-corrected chi connectivity index (χ3v) is 5.00. The Bertz CT molecular complexity index is 716. The average Bonchev–Trinajstić information content (AvgIpc) is 2.50. The summed E-state index contributed by atoms with van der Waals surface area (Å²) < 4.78 is 25.4. The normalized spacial score (nSPS) is 13.2. The van der Waals surface area contributed by atoms with Crippen LogP contribution in [0.5, 0.6) is 0 Å². The maximum atomic E-state index is 12.7. The molecule has 110 valence electrons. The summed E-state index contributed by atoms with van der Waals surface area (Å²) in [6.45, 7) is 0. The fourth-order valence-electron chi connectivity index (χ4n) is 1.77. The van der Waals surface area contributed by atoms with Gasteiger partial charge in [0, 0.05) is 6.20 Å². The monoisotopic (exact) mass is 324 g/mol. The molecule has 1 aromatic heterocycles. The minimum atomic E-state index is -3.65. The van der Waals surface area contributed by atoms with Gasteiger partial charge in [-0.3, -0.25) is 0 Å². The van der Waals surface area contributed by atoms with Gasteiger partial charge in [-0.05, 0) is 23.8 Å². The van der Waals surface area contributed by atoms with Crippen LogP contribution in [0.4, 0.5) is 0 Å². The highest BCUT2D eigenvalue weighted by Crippen LogP contribution is 2.27. The van der Waals surface area contributed by atoms with Gasteiger partial charge in [0.05, 0.1) is 11.1 Å². The molecule has 0 aliphatic rings. The molecule has 0 unspecified atom stereocenters. The molecular weight excluding hydrogens is 312 g/mol. The second-order valence-electron chi connectivity index (χ2n) is 4.13. The topological polar surface area (TPSA) is 68.6 Å². The number of nitrogens with zero attached hydrogens (tertiary/aromatic N) is 2. The van der Waals surface area contributed by atoms with E-state index in [1.807, 2.05) is 0 Å². The van der Waals surface area contributed by atoms with Gasteiger partial charge in [-0.1, -0.05) is 41.0 Å². The molecule has 2 rings (SSSR count). The number of benzene rings is 1. The van der Waals surface area contributed by atoms with Crippen molar-refractivity contribution >= 4 is 27.7 Å². The third kappa shape index (κ3) is 3.59. The zero-order chi connectivity index (χ0) is 15.3. The summed E-state index contributed by atoms with van der Waals surface area (Å²) >= 11 is 5.73. The lowest BCUT2D eigenvalue weighted by atomic mass is 10.2. The number of hydrogen-bond acceptors (Lipinski definition) is 5. The van der Waals surface area contributed by atoms with Gasteiger partial charge in [0.1, 0.15) is 17.5 Å². The Kier molecular flexibility index (Phi) is 4.93. The first-order valence-corrected chi connectivity index (χ1v) is 7.95. The second-order valence-corrected chi connectivity index (χ2v) is 6.59. The molecule has 2 aromatic rings. The van der Waals surface area contributed by atoms with E-state index in [4.69, 9.17) is 11.6 Å². The van der Waals surface area contributed by atoms with Crippen LogP contribution in [0.3, 0.4) is 0 Å². The van der Waals surface area contributed by atoms with Crippen molar-refractivity contribution in [2.45, 2.75) is 10.1 Å². The van der Waals surface area contributed by atoms with Crippen LogP contribution in [0.15, 0.2) is 58.7 Å². The van der Waals surface area contributed by atoms with Crippen molar-refractivity contribution in [1.29, 1.82) is 0 Å². The molecule has 1 heterocycles. The average molecular weight is 325 g/mol. The zero-order valence-electron chi connectivity index (χ0n) is 11.2. The maximum absolute atomic E-state index is 12.7. The Morgan fingerprint density at radius 3 is 2.52 bits per heavy atom. The van der Waals surface area contributed by atoms with Crippen molar-refractivity contribution in [3.8, 4) is 0 Å². The third-order valence-electron chi connectivity index (χ3n) is 2.79. The van der Waals surface area contributed by atoms with Gasteiger partial charge in [-0.25, -0.2) is 13.4 Å². The molecule has 0 aliphatic carbocycles. The largest absolute Gasteiger partial charge is 0.399 e. The predicted molar refractivity (Wildman–Crippen MR) is 81.1 cm³/mol. The van der Waals surface area contributed by atoms with E-state index in [1.54, 1.807) is 24.3 Å². The summed E-state index contributed by atoms with van der Waals surface area (Å²) in [6.07, 6.45) is 2.64. The summed E-state index contributed by atoms with van der Waals surface area (Å²) in [5, 5.41) is 2.89. The molecule has 0 saturated heterocycles. The van der Waals surface area contributed by atoms with Gasteiger partial charge in [-0.2, -0.15) is 0 Å². The molecule has 1 aromatic carbocycles. The van der Waals surface area contributed by atoms with Gasteiger partial charge in [0.25, 0.3) is 0 Å². The van der Waals surface area contributed by atoms with Crippen molar-refractivity contribution in [3.63, 3.8) is 0 Å². The van der Waals surface area contributed by atoms with Gasteiger partial charge in [0.15, 0.2) is 9.84 Å². The van der Waals surface area contributed by atoms with Gasteiger partial charge >= 0.3 is 0 Å². The highest BCUT2D eigenvalue weighted by molar-refractivity contribution is 7.92. The number of sulfone groups is 1. The summed E-state index contributed by atoms with van der Waals surface area (Å²) in [5.74, 6) is 0. The second kappa shape index (κ2) is 6.69. The Morgan fingerprint density at radius 2 is 1.95 bits per heavy atom. The zero-order valence-corrected chi connectivity index (χ0v) is 12.8. The van der Waals surface area contributed by atoms with Crippen LogP contribution >= 0.6 is 11.6 Å². The summed E-state index contributed by atoms with van der Waals surface area (Å²) in [4.78, 5) is 8.72. The Balaban J connectivity index is 2.50. The van der Waals surface area contributed by atoms with E-state index in [0.29, 0.717) is 10.7 Å². The molecule has 0 bridgehead atoms. The molecule has 0 fully saturated rings.